The third kappa shape index (κ3) is 1.70. The van der Waals surface area contributed by atoms with Crippen molar-refractivity contribution >= 4 is 16.9 Å². The van der Waals surface area contributed by atoms with Crippen molar-refractivity contribution in [3.8, 4) is 0 Å². The van der Waals surface area contributed by atoms with Gasteiger partial charge in [-0.15, -0.1) is 0 Å². The van der Waals surface area contributed by atoms with Gasteiger partial charge >= 0.3 is 0 Å². The summed E-state index contributed by atoms with van der Waals surface area (Å²) in [6.45, 7) is 2.12. The second-order valence-corrected chi connectivity index (χ2v) is 4.36. The second-order valence-electron chi connectivity index (χ2n) is 3.21. The summed E-state index contributed by atoms with van der Waals surface area (Å²) < 4.78 is 0. The molecule has 2 unspecified atom stereocenters. The van der Waals surface area contributed by atoms with Crippen molar-refractivity contribution in [3.05, 3.63) is 35.9 Å². The summed E-state index contributed by atoms with van der Waals surface area (Å²) in [6.07, 6.45) is 0. The molecule has 0 bridgehead atoms. The highest BCUT2D eigenvalue weighted by Crippen LogP contribution is 2.36. The molecule has 68 valence electrons. The number of hydrogen-bond acceptors (Lipinski definition) is 2. The van der Waals surface area contributed by atoms with Crippen molar-refractivity contribution in [2.45, 2.75) is 18.2 Å². The van der Waals surface area contributed by atoms with E-state index in [9.17, 15) is 0 Å². The number of amidine groups is 1. The quantitative estimate of drug-likeness (QED) is 0.716. The summed E-state index contributed by atoms with van der Waals surface area (Å²) in [4.78, 5) is 0. The Balaban J connectivity index is 2.23. The third-order valence-electron chi connectivity index (χ3n) is 2.19. The highest BCUT2D eigenvalue weighted by molar-refractivity contribution is 8.14. The Morgan fingerprint density at radius 3 is 2.54 bits per heavy atom. The van der Waals surface area contributed by atoms with E-state index < -0.39 is 0 Å². The maximum Gasteiger partial charge on any atom is 0.154 e. The van der Waals surface area contributed by atoms with Gasteiger partial charge in [-0.25, -0.2) is 0 Å². The van der Waals surface area contributed by atoms with Crippen molar-refractivity contribution in [2.24, 2.45) is 0 Å². The van der Waals surface area contributed by atoms with Gasteiger partial charge in [-0.05, 0) is 12.5 Å². The zero-order valence-corrected chi connectivity index (χ0v) is 8.27. The van der Waals surface area contributed by atoms with Crippen molar-refractivity contribution in [2.75, 3.05) is 0 Å². The minimum absolute atomic E-state index is 0.361. The lowest BCUT2D eigenvalue weighted by molar-refractivity contribution is 0.670. The summed E-state index contributed by atoms with van der Waals surface area (Å²) in [5, 5.41) is 11.6. The third-order valence-corrected chi connectivity index (χ3v) is 3.47. The van der Waals surface area contributed by atoms with E-state index in [0.29, 0.717) is 16.5 Å². The van der Waals surface area contributed by atoms with Crippen LogP contribution in [0.15, 0.2) is 30.3 Å². The van der Waals surface area contributed by atoms with Crippen molar-refractivity contribution in [3.63, 3.8) is 0 Å². The van der Waals surface area contributed by atoms with E-state index in [1.165, 1.54) is 5.56 Å². The number of rotatable bonds is 1. The average Bonchev–Trinajstić information content (AvgIpc) is 2.47. The Kier molecular flexibility index (Phi) is 2.27. The largest absolute Gasteiger partial charge is 0.361 e. The first kappa shape index (κ1) is 8.63. The molecule has 2 nitrogen and oxygen atoms in total. The zero-order valence-electron chi connectivity index (χ0n) is 7.45. The molecule has 2 atom stereocenters. The Labute approximate surface area is 82.2 Å². The fourth-order valence-electron chi connectivity index (χ4n) is 1.54. The SMILES string of the molecule is CC1NC(=N)SC1c1ccccc1. The van der Waals surface area contributed by atoms with Crippen molar-refractivity contribution < 1.29 is 0 Å². The summed E-state index contributed by atoms with van der Waals surface area (Å²) >= 11 is 1.60. The molecule has 0 saturated carbocycles. The fourth-order valence-corrected chi connectivity index (χ4v) is 2.62. The Morgan fingerprint density at radius 1 is 1.31 bits per heavy atom. The predicted molar refractivity (Wildman–Crippen MR) is 57.1 cm³/mol. The first-order valence-corrected chi connectivity index (χ1v) is 5.22. The topological polar surface area (TPSA) is 35.9 Å². The van der Waals surface area contributed by atoms with Crippen molar-refractivity contribution in [1.82, 2.24) is 5.32 Å². The van der Waals surface area contributed by atoms with Gasteiger partial charge in [-0.3, -0.25) is 5.41 Å². The van der Waals surface area contributed by atoms with Crippen LogP contribution in [0.1, 0.15) is 17.7 Å². The molecule has 1 aliphatic rings. The lowest BCUT2D eigenvalue weighted by Crippen LogP contribution is -2.24. The van der Waals surface area contributed by atoms with Crippen molar-refractivity contribution in [1.29, 1.82) is 5.41 Å². The molecule has 0 amide bonds. The molecule has 1 aromatic carbocycles. The first-order chi connectivity index (χ1) is 6.27. The molecular formula is C10H12N2S. The van der Waals surface area contributed by atoms with Gasteiger partial charge in [0.25, 0.3) is 0 Å². The van der Waals surface area contributed by atoms with Crippen LogP contribution in [0.2, 0.25) is 0 Å². The Bertz CT molecular complexity index is 310. The minimum Gasteiger partial charge on any atom is -0.361 e. The van der Waals surface area contributed by atoms with Gasteiger partial charge in [0.1, 0.15) is 0 Å². The molecule has 1 fully saturated rings. The summed E-state index contributed by atoms with van der Waals surface area (Å²) in [6, 6.07) is 10.7. The van der Waals surface area contributed by atoms with Gasteiger partial charge in [-0.2, -0.15) is 0 Å². The van der Waals surface area contributed by atoms with Gasteiger partial charge in [0.2, 0.25) is 0 Å². The average molecular weight is 192 g/mol. The van der Waals surface area contributed by atoms with Crippen LogP contribution >= 0.6 is 11.8 Å². The second kappa shape index (κ2) is 3.42. The normalized spacial score (nSPS) is 27.3. The van der Waals surface area contributed by atoms with E-state index in [0.717, 1.165) is 0 Å². The molecule has 0 spiro atoms. The van der Waals surface area contributed by atoms with E-state index in [1.54, 1.807) is 11.8 Å². The van der Waals surface area contributed by atoms with E-state index >= 15 is 0 Å². The summed E-state index contributed by atoms with van der Waals surface area (Å²) in [5.74, 6) is 0. The zero-order chi connectivity index (χ0) is 9.26. The summed E-state index contributed by atoms with van der Waals surface area (Å²) in [5.41, 5.74) is 1.30. The molecule has 0 radical (unpaired) electrons. The molecule has 1 heterocycles. The highest BCUT2D eigenvalue weighted by Gasteiger charge is 2.28. The van der Waals surface area contributed by atoms with Gasteiger partial charge < -0.3 is 5.32 Å². The predicted octanol–water partition coefficient (Wildman–Crippen LogP) is 2.39. The van der Waals surface area contributed by atoms with Crippen LogP contribution in [0.5, 0.6) is 0 Å². The van der Waals surface area contributed by atoms with E-state index in [4.69, 9.17) is 5.41 Å². The maximum atomic E-state index is 7.51. The van der Waals surface area contributed by atoms with Crippen LogP contribution < -0.4 is 5.32 Å². The van der Waals surface area contributed by atoms with E-state index in [-0.39, 0.29) is 0 Å². The van der Waals surface area contributed by atoms with E-state index in [1.807, 2.05) is 18.2 Å². The number of nitrogens with one attached hydrogen (secondary N) is 2. The van der Waals surface area contributed by atoms with Gasteiger partial charge in [0.15, 0.2) is 5.17 Å². The maximum absolute atomic E-state index is 7.51. The number of hydrogen-bond donors (Lipinski definition) is 2. The van der Waals surface area contributed by atoms with Gasteiger partial charge in [0.05, 0.1) is 5.25 Å². The van der Waals surface area contributed by atoms with Crippen LogP contribution in [0.25, 0.3) is 0 Å². The Morgan fingerprint density at radius 2 is 2.00 bits per heavy atom. The molecular weight excluding hydrogens is 180 g/mol. The molecule has 1 aromatic rings. The highest BCUT2D eigenvalue weighted by atomic mass is 32.2. The monoisotopic (exact) mass is 192 g/mol. The van der Waals surface area contributed by atoms with Crippen LogP contribution in [0, 0.1) is 5.41 Å². The van der Waals surface area contributed by atoms with E-state index in [2.05, 4.69) is 24.4 Å². The first-order valence-electron chi connectivity index (χ1n) is 4.34. The van der Waals surface area contributed by atoms with Crippen LogP contribution in [-0.2, 0) is 0 Å². The smallest absolute Gasteiger partial charge is 0.154 e. The van der Waals surface area contributed by atoms with Gasteiger partial charge in [0, 0.05) is 6.04 Å². The van der Waals surface area contributed by atoms with Gasteiger partial charge in [-0.1, -0.05) is 42.1 Å². The lowest BCUT2D eigenvalue weighted by Gasteiger charge is -2.12. The lowest BCUT2D eigenvalue weighted by atomic mass is 10.1. The van der Waals surface area contributed by atoms with Crippen LogP contribution in [0.3, 0.4) is 0 Å². The molecule has 3 heteroatoms. The molecule has 2 N–H and O–H groups in total. The molecule has 0 aromatic heterocycles. The van der Waals surface area contributed by atoms with Crippen LogP contribution in [-0.4, -0.2) is 11.2 Å². The number of benzene rings is 1. The number of thioether (sulfide) groups is 1. The molecule has 2 rings (SSSR count). The molecule has 13 heavy (non-hydrogen) atoms. The minimum atomic E-state index is 0.361. The molecule has 1 saturated heterocycles. The molecule has 0 aliphatic carbocycles. The molecule has 1 aliphatic heterocycles. The fraction of sp³-hybridized carbons (Fsp3) is 0.300. The Hall–Kier alpha value is -0.960. The standard InChI is InChI=1S/C10H12N2S/c1-7-9(13-10(11)12-7)8-5-3-2-4-6-8/h2-7,9H,1H3,(H2,11,12). The van der Waals surface area contributed by atoms with Crippen LogP contribution in [0.4, 0.5) is 0 Å². The summed E-state index contributed by atoms with van der Waals surface area (Å²) in [7, 11) is 0.